The number of sulfonamides is 1. The van der Waals surface area contributed by atoms with Crippen LogP contribution in [0, 0.1) is 5.95 Å². The Labute approximate surface area is 203 Å². The van der Waals surface area contributed by atoms with E-state index >= 15 is 0 Å². The van der Waals surface area contributed by atoms with E-state index in [-0.39, 0.29) is 11.8 Å². The quantitative estimate of drug-likeness (QED) is 0.488. The molecule has 0 radical (unpaired) electrons. The number of piperazine rings is 1. The molecular formula is C23H27FN8O2S. The fraction of sp³-hybridized carbons (Fsp3) is 0.435. The van der Waals surface area contributed by atoms with Crippen LogP contribution >= 0.6 is 0 Å². The van der Waals surface area contributed by atoms with Crippen LogP contribution in [0.1, 0.15) is 31.1 Å². The highest BCUT2D eigenvalue weighted by Gasteiger charge is 2.29. The summed E-state index contributed by atoms with van der Waals surface area (Å²) in [5.74, 6) is 1.03. The lowest BCUT2D eigenvalue weighted by molar-refractivity contribution is 0.385. The number of rotatable bonds is 5. The van der Waals surface area contributed by atoms with Gasteiger partial charge in [0, 0.05) is 81.1 Å². The van der Waals surface area contributed by atoms with Crippen molar-refractivity contribution in [2.75, 3.05) is 48.3 Å². The van der Waals surface area contributed by atoms with Crippen LogP contribution in [0.5, 0.6) is 0 Å². The number of hydrogen-bond acceptors (Lipinski definition) is 9. The molecule has 0 saturated carbocycles. The molecule has 1 unspecified atom stereocenters. The number of anilines is 2. The van der Waals surface area contributed by atoms with E-state index in [9.17, 15) is 12.8 Å². The normalized spacial score (nSPS) is 19.0. The Morgan fingerprint density at radius 3 is 2.46 bits per heavy atom. The molecule has 5 heterocycles. The first-order chi connectivity index (χ1) is 16.9. The third kappa shape index (κ3) is 4.67. The van der Waals surface area contributed by atoms with Gasteiger partial charge in [-0.05, 0) is 19.9 Å². The first kappa shape index (κ1) is 23.5. The zero-order valence-electron chi connectivity index (χ0n) is 19.7. The summed E-state index contributed by atoms with van der Waals surface area (Å²) < 4.78 is 40.4. The molecule has 3 aromatic heterocycles. The average Bonchev–Trinajstić information content (AvgIpc) is 2.89. The lowest BCUT2D eigenvalue weighted by atomic mass is 9.99. The van der Waals surface area contributed by atoms with Gasteiger partial charge in [-0.15, -0.1) is 0 Å². The average molecular weight is 499 g/mol. The van der Waals surface area contributed by atoms with Crippen LogP contribution in [0.15, 0.2) is 36.8 Å². The van der Waals surface area contributed by atoms with Crippen molar-refractivity contribution < 1.29 is 12.8 Å². The summed E-state index contributed by atoms with van der Waals surface area (Å²) in [5, 5.41) is 0. The molecule has 0 N–H and O–H groups in total. The molecule has 1 saturated heterocycles. The molecule has 1 fully saturated rings. The first-order valence-electron chi connectivity index (χ1n) is 11.7. The molecule has 3 aromatic rings. The zero-order valence-corrected chi connectivity index (χ0v) is 20.5. The van der Waals surface area contributed by atoms with E-state index in [1.54, 1.807) is 31.6 Å². The number of nitrogens with zero attached hydrogens (tertiary/aromatic N) is 8. The Balaban J connectivity index is 1.36. The first-order valence-corrected chi connectivity index (χ1v) is 13.3. The molecule has 5 rings (SSSR count). The predicted octanol–water partition coefficient (Wildman–Crippen LogP) is 2.06. The lowest BCUT2D eigenvalue weighted by Crippen LogP contribution is -2.49. The predicted molar refractivity (Wildman–Crippen MR) is 130 cm³/mol. The molecule has 0 spiro atoms. The van der Waals surface area contributed by atoms with Gasteiger partial charge < -0.3 is 9.80 Å². The second kappa shape index (κ2) is 9.42. The maximum atomic E-state index is 14.6. The minimum Gasteiger partial charge on any atom is -0.369 e. The van der Waals surface area contributed by atoms with Crippen LogP contribution in [-0.4, -0.2) is 76.1 Å². The number of aromatic nitrogens is 5. The molecule has 1 atom stereocenters. The summed E-state index contributed by atoms with van der Waals surface area (Å²) in [6, 6.07) is 4.93. The highest BCUT2D eigenvalue weighted by atomic mass is 32.2. The van der Waals surface area contributed by atoms with Gasteiger partial charge in [0.2, 0.25) is 16.0 Å². The van der Waals surface area contributed by atoms with Crippen molar-refractivity contribution in [2.24, 2.45) is 0 Å². The van der Waals surface area contributed by atoms with E-state index in [1.165, 1.54) is 10.4 Å². The summed E-state index contributed by atoms with van der Waals surface area (Å²) in [6.07, 6.45) is 5.76. The fourth-order valence-electron chi connectivity index (χ4n) is 4.61. The molecule has 2 aliphatic heterocycles. The zero-order chi connectivity index (χ0) is 24.6. The van der Waals surface area contributed by atoms with Crippen molar-refractivity contribution in [2.45, 2.75) is 26.3 Å². The van der Waals surface area contributed by atoms with Crippen LogP contribution in [-0.2, 0) is 16.4 Å². The van der Waals surface area contributed by atoms with Crippen LogP contribution in [0.25, 0.3) is 11.6 Å². The SMILES string of the molecule is CCS(=O)(=O)N1CCN(c2cc(F)nc(N3CCc4nc(-c5ncccn5)ncc4C3C)c2)CC1. The molecule has 10 nitrogen and oxygen atoms in total. The van der Waals surface area contributed by atoms with Gasteiger partial charge in [-0.2, -0.15) is 8.70 Å². The van der Waals surface area contributed by atoms with Crippen molar-refractivity contribution >= 4 is 21.5 Å². The van der Waals surface area contributed by atoms with Gasteiger partial charge in [-0.25, -0.2) is 33.3 Å². The highest BCUT2D eigenvalue weighted by Crippen LogP contribution is 2.34. The van der Waals surface area contributed by atoms with E-state index in [4.69, 9.17) is 0 Å². The molecule has 0 bridgehead atoms. The van der Waals surface area contributed by atoms with Crippen molar-refractivity contribution in [3.63, 3.8) is 0 Å². The summed E-state index contributed by atoms with van der Waals surface area (Å²) in [5.41, 5.74) is 2.59. The number of fused-ring (bicyclic) bond motifs is 1. The standard InChI is InChI=1S/C23H27FN8O2S/c1-3-35(33,34)31-11-9-30(10-12-31)17-13-20(24)29-21(14-17)32-8-5-19-18(16(32)2)15-27-23(28-19)22-25-6-4-7-26-22/h4,6-7,13-16H,3,5,8-12H2,1-2H3. The van der Waals surface area contributed by atoms with Gasteiger partial charge >= 0.3 is 0 Å². The maximum absolute atomic E-state index is 14.6. The van der Waals surface area contributed by atoms with Crippen molar-refractivity contribution in [3.05, 3.63) is 54.0 Å². The molecule has 184 valence electrons. The molecule has 0 amide bonds. The molecule has 12 heteroatoms. The van der Waals surface area contributed by atoms with E-state index in [1.807, 2.05) is 17.9 Å². The fourth-order valence-corrected chi connectivity index (χ4v) is 5.69. The van der Waals surface area contributed by atoms with Gasteiger partial charge in [-0.3, -0.25) is 0 Å². The van der Waals surface area contributed by atoms with Gasteiger partial charge in [-0.1, -0.05) is 0 Å². The van der Waals surface area contributed by atoms with Crippen LogP contribution < -0.4 is 9.80 Å². The Morgan fingerprint density at radius 2 is 1.74 bits per heavy atom. The Morgan fingerprint density at radius 1 is 1.00 bits per heavy atom. The summed E-state index contributed by atoms with van der Waals surface area (Å²) in [7, 11) is -3.22. The Kier molecular flexibility index (Phi) is 6.32. The number of pyridine rings is 1. The number of hydrogen-bond donors (Lipinski definition) is 0. The Hall–Kier alpha value is -3.25. The minimum absolute atomic E-state index is 0.0823. The highest BCUT2D eigenvalue weighted by molar-refractivity contribution is 7.89. The smallest absolute Gasteiger partial charge is 0.216 e. The van der Waals surface area contributed by atoms with E-state index in [0.29, 0.717) is 62.3 Å². The van der Waals surface area contributed by atoms with E-state index < -0.39 is 16.0 Å². The molecule has 2 aliphatic rings. The minimum atomic E-state index is -3.22. The molecular weight excluding hydrogens is 471 g/mol. The van der Waals surface area contributed by atoms with Crippen molar-refractivity contribution in [1.29, 1.82) is 0 Å². The topological polar surface area (TPSA) is 108 Å². The van der Waals surface area contributed by atoms with Crippen LogP contribution in [0.3, 0.4) is 0 Å². The Bertz CT molecular complexity index is 1320. The molecule has 35 heavy (non-hydrogen) atoms. The van der Waals surface area contributed by atoms with E-state index in [2.05, 4.69) is 29.8 Å². The largest absolute Gasteiger partial charge is 0.369 e. The van der Waals surface area contributed by atoms with Gasteiger partial charge in [0.15, 0.2) is 11.6 Å². The van der Waals surface area contributed by atoms with Gasteiger partial charge in [0.05, 0.1) is 17.5 Å². The van der Waals surface area contributed by atoms with Crippen molar-refractivity contribution in [3.8, 4) is 11.6 Å². The summed E-state index contributed by atoms with van der Waals surface area (Å²) >= 11 is 0. The maximum Gasteiger partial charge on any atom is 0.216 e. The van der Waals surface area contributed by atoms with Crippen LogP contribution in [0.4, 0.5) is 15.9 Å². The second-order valence-corrected chi connectivity index (χ2v) is 10.8. The molecule has 0 aliphatic carbocycles. The third-order valence-corrected chi connectivity index (χ3v) is 8.48. The second-order valence-electron chi connectivity index (χ2n) is 8.58. The summed E-state index contributed by atoms with van der Waals surface area (Å²) in [6.45, 7) is 6.06. The third-order valence-electron chi connectivity index (χ3n) is 6.59. The summed E-state index contributed by atoms with van der Waals surface area (Å²) in [4.78, 5) is 25.8. The van der Waals surface area contributed by atoms with Gasteiger partial charge in [0.25, 0.3) is 0 Å². The van der Waals surface area contributed by atoms with Crippen molar-refractivity contribution in [1.82, 2.24) is 29.2 Å². The lowest BCUT2D eigenvalue weighted by Gasteiger charge is -2.37. The monoisotopic (exact) mass is 498 g/mol. The molecule has 0 aromatic carbocycles. The van der Waals surface area contributed by atoms with Gasteiger partial charge in [0.1, 0.15) is 5.82 Å². The number of halogens is 1. The van der Waals surface area contributed by atoms with Crippen LogP contribution in [0.2, 0.25) is 0 Å². The van der Waals surface area contributed by atoms with E-state index in [0.717, 1.165) is 11.3 Å².